The van der Waals surface area contributed by atoms with Crippen LogP contribution in [0.5, 0.6) is 5.75 Å². The normalized spacial score (nSPS) is 23.3. The van der Waals surface area contributed by atoms with Crippen molar-refractivity contribution in [2.75, 3.05) is 71.0 Å². The van der Waals surface area contributed by atoms with Crippen molar-refractivity contribution in [2.45, 2.75) is 18.9 Å². The van der Waals surface area contributed by atoms with Gasteiger partial charge in [-0.2, -0.15) is 0 Å². The number of likely N-dealkylation sites (tertiary alicyclic amines) is 1. The van der Waals surface area contributed by atoms with E-state index in [2.05, 4.69) is 15.9 Å². The van der Waals surface area contributed by atoms with Crippen molar-refractivity contribution in [3.63, 3.8) is 0 Å². The molecule has 3 fully saturated rings. The number of methoxy groups -OCH3 is 1. The number of piperidine rings is 1. The van der Waals surface area contributed by atoms with Gasteiger partial charge in [-0.05, 0) is 25.0 Å². The number of piperazine rings is 1. The van der Waals surface area contributed by atoms with E-state index in [9.17, 15) is 9.59 Å². The summed E-state index contributed by atoms with van der Waals surface area (Å²) >= 11 is 0. The summed E-state index contributed by atoms with van der Waals surface area (Å²) in [6.45, 7) is 6.39. The first-order valence-electron chi connectivity index (χ1n) is 10.5. The van der Waals surface area contributed by atoms with E-state index in [4.69, 9.17) is 9.47 Å². The van der Waals surface area contributed by atoms with Crippen molar-refractivity contribution in [1.29, 1.82) is 0 Å². The number of benzene rings is 1. The average Bonchev–Trinajstić information content (AvgIpc) is 3.18. The molecule has 0 bridgehead atoms. The van der Waals surface area contributed by atoms with Gasteiger partial charge in [-0.3, -0.25) is 14.6 Å². The molecular formula is C21H30N4O4. The number of anilines is 1. The number of rotatable bonds is 5. The third-order valence-electron chi connectivity index (χ3n) is 6.18. The van der Waals surface area contributed by atoms with Crippen LogP contribution in [0, 0.1) is 0 Å². The van der Waals surface area contributed by atoms with Crippen LogP contribution in [0.15, 0.2) is 24.3 Å². The van der Waals surface area contributed by atoms with Gasteiger partial charge in [0.05, 0.1) is 19.3 Å². The van der Waals surface area contributed by atoms with Gasteiger partial charge in [0.1, 0.15) is 18.9 Å². The van der Waals surface area contributed by atoms with Crippen LogP contribution in [-0.4, -0.2) is 98.8 Å². The molecule has 0 N–H and O–H groups in total. The first kappa shape index (κ1) is 19.8. The minimum Gasteiger partial charge on any atom is -0.495 e. The topological polar surface area (TPSA) is 65.6 Å². The molecule has 3 saturated heterocycles. The molecule has 0 spiro atoms. The van der Waals surface area contributed by atoms with Crippen molar-refractivity contribution in [1.82, 2.24) is 14.7 Å². The summed E-state index contributed by atoms with van der Waals surface area (Å²) in [5.74, 6) is 0.942. The molecular weight excluding hydrogens is 372 g/mol. The molecule has 4 rings (SSSR count). The number of nitrogens with zero attached hydrogens (tertiary/aromatic N) is 4. The van der Waals surface area contributed by atoms with Gasteiger partial charge in [-0.25, -0.2) is 4.79 Å². The second kappa shape index (κ2) is 8.90. The summed E-state index contributed by atoms with van der Waals surface area (Å²) in [6.07, 6.45) is 1.75. The Morgan fingerprint density at radius 3 is 2.66 bits per heavy atom. The van der Waals surface area contributed by atoms with Crippen LogP contribution in [-0.2, 0) is 9.53 Å². The fourth-order valence-corrected chi connectivity index (χ4v) is 4.53. The first-order valence-corrected chi connectivity index (χ1v) is 10.5. The first-order chi connectivity index (χ1) is 14.2. The van der Waals surface area contributed by atoms with Gasteiger partial charge in [0.25, 0.3) is 0 Å². The minimum absolute atomic E-state index is 0.0289. The molecule has 3 aliphatic rings. The summed E-state index contributed by atoms with van der Waals surface area (Å²) in [5, 5.41) is 0. The van der Waals surface area contributed by atoms with Gasteiger partial charge in [0.2, 0.25) is 5.91 Å². The van der Waals surface area contributed by atoms with E-state index in [0.29, 0.717) is 19.2 Å². The lowest BCUT2D eigenvalue weighted by Crippen LogP contribution is -2.56. The average molecular weight is 402 g/mol. The number of cyclic esters (lactones) is 1. The number of para-hydroxylation sites is 2. The lowest BCUT2D eigenvalue weighted by atomic mass is 10.0. The van der Waals surface area contributed by atoms with Crippen LogP contribution in [0.4, 0.5) is 10.5 Å². The predicted molar refractivity (Wildman–Crippen MR) is 109 cm³/mol. The lowest BCUT2D eigenvalue weighted by molar-refractivity contribution is -0.133. The van der Waals surface area contributed by atoms with E-state index in [1.807, 2.05) is 23.1 Å². The molecule has 2 amide bonds. The van der Waals surface area contributed by atoms with Crippen LogP contribution in [0.3, 0.4) is 0 Å². The molecule has 1 unspecified atom stereocenters. The zero-order chi connectivity index (χ0) is 20.2. The molecule has 8 nitrogen and oxygen atoms in total. The van der Waals surface area contributed by atoms with Crippen LogP contribution < -0.4 is 9.64 Å². The van der Waals surface area contributed by atoms with E-state index >= 15 is 0 Å². The Bertz CT molecular complexity index is 735. The molecule has 1 aromatic rings. The minimum atomic E-state index is -0.376. The highest BCUT2D eigenvalue weighted by Crippen LogP contribution is 2.29. The molecule has 0 saturated carbocycles. The maximum Gasteiger partial charge on any atom is 0.410 e. The maximum atomic E-state index is 12.7. The Kier molecular flexibility index (Phi) is 6.08. The molecule has 0 aromatic heterocycles. The predicted octanol–water partition coefficient (Wildman–Crippen LogP) is 1.26. The highest BCUT2D eigenvalue weighted by molar-refractivity contribution is 5.83. The molecule has 3 heterocycles. The fraction of sp³-hybridized carbons (Fsp3) is 0.619. The van der Waals surface area contributed by atoms with E-state index in [0.717, 1.165) is 63.5 Å². The highest BCUT2D eigenvalue weighted by atomic mass is 16.6. The number of ether oxygens (including phenoxy) is 2. The van der Waals surface area contributed by atoms with Crippen LogP contribution in [0.25, 0.3) is 0 Å². The van der Waals surface area contributed by atoms with Gasteiger partial charge in [0, 0.05) is 45.3 Å². The summed E-state index contributed by atoms with van der Waals surface area (Å²) in [7, 11) is 1.71. The van der Waals surface area contributed by atoms with Gasteiger partial charge >= 0.3 is 6.09 Å². The Morgan fingerprint density at radius 1 is 1.14 bits per heavy atom. The largest absolute Gasteiger partial charge is 0.495 e. The van der Waals surface area contributed by atoms with Gasteiger partial charge in [-0.1, -0.05) is 12.1 Å². The number of amides is 2. The second-order valence-electron chi connectivity index (χ2n) is 7.87. The van der Waals surface area contributed by atoms with E-state index in [1.165, 1.54) is 4.90 Å². The Morgan fingerprint density at radius 2 is 1.93 bits per heavy atom. The monoisotopic (exact) mass is 402 g/mol. The quantitative estimate of drug-likeness (QED) is 0.739. The number of carbonyl (C=O) groups excluding carboxylic acids is 2. The second-order valence-corrected chi connectivity index (χ2v) is 7.87. The Hall–Kier alpha value is -2.48. The molecule has 0 aliphatic carbocycles. The maximum absolute atomic E-state index is 12.7. The zero-order valence-corrected chi connectivity index (χ0v) is 17.1. The van der Waals surface area contributed by atoms with Gasteiger partial charge in [-0.15, -0.1) is 0 Å². The molecule has 8 heteroatoms. The van der Waals surface area contributed by atoms with Crippen LogP contribution in [0.1, 0.15) is 12.8 Å². The smallest absolute Gasteiger partial charge is 0.410 e. The standard InChI is InChI=1S/C21H30N4O4/c1-28-19-7-3-2-6-18(19)23-11-9-22(10-12-23)17-5-4-8-24(15-17)20(26)16-25-13-14-29-21(25)27/h2-3,6-7,17H,4-5,8-16H2,1H3. The van der Waals surface area contributed by atoms with Crippen LogP contribution in [0.2, 0.25) is 0 Å². The summed E-state index contributed by atoms with van der Waals surface area (Å²) < 4.78 is 10.4. The van der Waals surface area contributed by atoms with Crippen molar-refractivity contribution in [2.24, 2.45) is 0 Å². The Balaban J connectivity index is 1.30. The molecule has 0 radical (unpaired) electrons. The molecule has 1 atom stereocenters. The van der Waals surface area contributed by atoms with Gasteiger partial charge in [0.15, 0.2) is 0 Å². The van der Waals surface area contributed by atoms with E-state index < -0.39 is 0 Å². The van der Waals surface area contributed by atoms with E-state index in [1.54, 1.807) is 7.11 Å². The number of hydrogen-bond acceptors (Lipinski definition) is 6. The Labute approximate surface area is 171 Å². The lowest BCUT2D eigenvalue weighted by Gasteiger charge is -2.44. The molecule has 1 aromatic carbocycles. The third-order valence-corrected chi connectivity index (χ3v) is 6.18. The number of hydrogen-bond donors (Lipinski definition) is 0. The molecule has 29 heavy (non-hydrogen) atoms. The van der Waals surface area contributed by atoms with Crippen molar-refractivity contribution >= 4 is 17.7 Å². The molecule has 3 aliphatic heterocycles. The zero-order valence-electron chi connectivity index (χ0n) is 17.1. The van der Waals surface area contributed by atoms with Crippen molar-refractivity contribution in [3.8, 4) is 5.75 Å². The summed E-state index contributed by atoms with van der Waals surface area (Å²) in [4.78, 5) is 32.6. The third kappa shape index (κ3) is 4.42. The molecule has 158 valence electrons. The summed E-state index contributed by atoms with van der Waals surface area (Å²) in [5.41, 5.74) is 1.15. The number of carbonyl (C=O) groups is 2. The SMILES string of the molecule is COc1ccccc1N1CCN(C2CCCN(C(=O)CN3CCOC3=O)C2)CC1. The van der Waals surface area contributed by atoms with E-state index in [-0.39, 0.29) is 18.5 Å². The van der Waals surface area contributed by atoms with Gasteiger partial charge < -0.3 is 19.3 Å². The fourth-order valence-electron chi connectivity index (χ4n) is 4.53. The van der Waals surface area contributed by atoms with Crippen molar-refractivity contribution < 1.29 is 19.1 Å². The van der Waals surface area contributed by atoms with Crippen molar-refractivity contribution in [3.05, 3.63) is 24.3 Å². The summed E-state index contributed by atoms with van der Waals surface area (Å²) in [6, 6.07) is 8.54. The van der Waals surface area contributed by atoms with Crippen LogP contribution >= 0.6 is 0 Å². The highest BCUT2D eigenvalue weighted by Gasteiger charge is 2.32.